The van der Waals surface area contributed by atoms with E-state index in [-0.39, 0.29) is 17.5 Å². The SMILES string of the molecule is COc1ccccc1C(=O)N(Cc1cc2cccc(C)c2[nH]c1=O)C1CCCC1. The number of fused-ring (bicyclic) bond motifs is 1. The minimum atomic E-state index is -0.136. The van der Waals surface area contributed by atoms with Gasteiger partial charge in [0.05, 0.1) is 24.7 Å². The summed E-state index contributed by atoms with van der Waals surface area (Å²) >= 11 is 0. The number of H-pyrrole nitrogens is 1. The normalized spacial score (nSPS) is 14.3. The van der Waals surface area contributed by atoms with E-state index in [0.717, 1.165) is 42.1 Å². The summed E-state index contributed by atoms with van der Waals surface area (Å²) in [5.74, 6) is 0.474. The van der Waals surface area contributed by atoms with Gasteiger partial charge in [-0.15, -0.1) is 0 Å². The number of methoxy groups -OCH3 is 1. The highest BCUT2D eigenvalue weighted by Gasteiger charge is 2.29. The Morgan fingerprint density at radius 3 is 2.66 bits per heavy atom. The topological polar surface area (TPSA) is 62.4 Å². The molecule has 5 nitrogen and oxygen atoms in total. The molecule has 5 heteroatoms. The number of nitrogens with zero attached hydrogens (tertiary/aromatic N) is 1. The lowest BCUT2D eigenvalue weighted by atomic mass is 10.1. The summed E-state index contributed by atoms with van der Waals surface area (Å²) < 4.78 is 5.41. The Labute approximate surface area is 170 Å². The van der Waals surface area contributed by atoms with Crippen LogP contribution in [0.15, 0.2) is 53.3 Å². The molecule has 2 aromatic carbocycles. The largest absolute Gasteiger partial charge is 0.496 e. The second-order valence-electron chi connectivity index (χ2n) is 7.73. The molecule has 1 aliphatic rings. The van der Waals surface area contributed by atoms with E-state index in [1.807, 2.05) is 48.2 Å². The molecular weight excluding hydrogens is 364 g/mol. The van der Waals surface area contributed by atoms with Crippen LogP contribution in [0.3, 0.4) is 0 Å². The van der Waals surface area contributed by atoms with Crippen molar-refractivity contribution in [2.24, 2.45) is 0 Å². The molecule has 1 N–H and O–H groups in total. The highest BCUT2D eigenvalue weighted by molar-refractivity contribution is 5.97. The molecule has 1 heterocycles. The summed E-state index contributed by atoms with van der Waals surface area (Å²) in [6.07, 6.45) is 4.14. The Hall–Kier alpha value is -3.08. The Bertz CT molecular complexity index is 1100. The predicted molar refractivity (Wildman–Crippen MR) is 114 cm³/mol. The van der Waals surface area contributed by atoms with E-state index in [2.05, 4.69) is 4.98 Å². The smallest absolute Gasteiger partial charge is 0.258 e. The maximum atomic E-state index is 13.5. The molecule has 0 radical (unpaired) electrons. The van der Waals surface area contributed by atoms with Gasteiger partial charge in [-0.2, -0.15) is 0 Å². The first-order valence-corrected chi connectivity index (χ1v) is 10.1. The molecule has 1 aromatic heterocycles. The zero-order valence-corrected chi connectivity index (χ0v) is 16.9. The lowest BCUT2D eigenvalue weighted by Crippen LogP contribution is -2.39. The fraction of sp³-hybridized carbons (Fsp3) is 0.333. The first-order valence-electron chi connectivity index (χ1n) is 10.1. The Morgan fingerprint density at radius 1 is 1.14 bits per heavy atom. The van der Waals surface area contributed by atoms with E-state index in [1.165, 1.54) is 0 Å². The zero-order chi connectivity index (χ0) is 20.4. The first kappa shape index (κ1) is 19.2. The van der Waals surface area contributed by atoms with Crippen LogP contribution < -0.4 is 10.3 Å². The van der Waals surface area contributed by atoms with Crippen LogP contribution in [0.5, 0.6) is 5.75 Å². The fourth-order valence-electron chi connectivity index (χ4n) is 4.29. The van der Waals surface area contributed by atoms with E-state index >= 15 is 0 Å². The fourth-order valence-corrected chi connectivity index (χ4v) is 4.29. The number of aromatic amines is 1. The van der Waals surface area contributed by atoms with Crippen molar-refractivity contribution < 1.29 is 9.53 Å². The van der Waals surface area contributed by atoms with E-state index in [0.29, 0.717) is 23.4 Å². The number of benzene rings is 2. The third kappa shape index (κ3) is 3.77. The second-order valence-corrected chi connectivity index (χ2v) is 7.73. The summed E-state index contributed by atoms with van der Waals surface area (Å²) in [4.78, 5) is 31.1. The monoisotopic (exact) mass is 390 g/mol. The number of aromatic nitrogens is 1. The van der Waals surface area contributed by atoms with Crippen molar-refractivity contribution in [2.75, 3.05) is 7.11 Å². The lowest BCUT2D eigenvalue weighted by Gasteiger charge is -2.29. The molecule has 0 saturated heterocycles. The summed E-state index contributed by atoms with van der Waals surface area (Å²) in [6, 6.07) is 15.3. The highest BCUT2D eigenvalue weighted by Crippen LogP contribution is 2.29. The standard InChI is InChI=1S/C24H26N2O3/c1-16-8-7-9-17-14-18(23(27)25-22(16)17)15-26(19-10-3-4-11-19)24(28)20-12-5-6-13-21(20)29-2/h5-9,12-14,19H,3-4,10-11,15H2,1-2H3,(H,25,27). The molecule has 29 heavy (non-hydrogen) atoms. The minimum Gasteiger partial charge on any atom is -0.496 e. The number of nitrogens with one attached hydrogen (secondary N) is 1. The third-order valence-corrected chi connectivity index (χ3v) is 5.87. The molecule has 0 unspecified atom stereocenters. The summed E-state index contributed by atoms with van der Waals surface area (Å²) in [6.45, 7) is 2.27. The summed E-state index contributed by atoms with van der Waals surface area (Å²) in [5.41, 5.74) is 2.89. The molecule has 150 valence electrons. The van der Waals surface area contributed by atoms with Crippen LogP contribution in [-0.2, 0) is 6.54 Å². The molecule has 0 aliphatic heterocycles. The average molecular weight is 390 g/mol. The quantitative estimate of drug-likeness (QED) is 0.701. The van der Waals surface area contributed by atoms with Crippen molar-refractivity contribution in [3.8, 4) is 5.75 Å². The number of rotatable bonds is 5. The molecule has 1 saturated carbocycles. The van der Waals surface area contributed by atoms with Crippen molar-refractivity contribution in [3.05, 3.63) is 75.6 Å². The van der Waals surface area contributed by atoms with Gasteiger partial charge in [0.15, 0.2) is 0 Å². The van der Waals surface area contributed by atoms with Crippen molar-refractivity contribution in [1.82, 2.24) is 9.88 Å². The summed E-state index contributed by atoms with van der Waals surface area (Å²) in [5, 5.41) is 0.982. The van der Waals surface area contributed by atoms with Crippen LogP contribution in [0.2, 0.25) is 0 Å². The van der Waals surface area contributed by atoms with Crippen LogP contribution in [-0.4, -0.2) is 28.9 Å². The van der Waals surface area contributed by atoms with Gasteiger partial charge in [-0.05, 0) is 48.9 Å². The number of carbonyl (C=O) groups excluding carboxylic acids is 1. The molecule has 1 fully saturated rings. The maximum Gasteiger partial charge on any atom is 0.258 e. The molecule has 1 amide bonds. The van der Waals surface area contributed by atoms with Crippen molar-refractivity contribution >= 4 is 16.8 Å². The van der Waals surface area contributed by atoms with Crippen molar-refractivity contribution in [2.45, 2.75) is 45.2 Å². The number of hydrogen-bond donors (Lipinski definition) is 1. The molecule has 4 rings (SSSR count). The van der Waals surface area contributed by atoms with Gasteiger partial charge in [0.25, 0.3) is 11.5 Å². The molecule has 3 aromatic rings. The maximum absolute atomic E-state index is 13.5. The van der Waals surface area contributed by atoms with Crippen LogP contribution >= 0.6 is 0 Å². The van der Waals surface area contributed by atoms with Gasteiger partial charge >= 0.3 is 0 Å². The highest BCUT2D eigenvalue weighted by atomic mass is 16.5. The number of para-hydroxylation sites is 2. The van der Waals surface area contributed by atoms with Gasteiger partial charge < -0.3 is 14.6 Å². The third-order valence-electron chi connectivity index (χ3n) is 5.87. The van der Waals surface area contributed by atoms with Crippen LogP contribution in [0.25, 0.3) is 10.9 Å². The van der Waals surface area contributed by atoms with Gasteiger partial charge in [-0.25, -0.2) is 0 Å². The predicted octanol–water partition coefficient (Wildman–Crippen LogP) is 4.43. The van der Waals surface area contributed by atoms with E-state index in [4.69, 9.17) is 4.74 Å². The van der Waals surface area contributed by atoms with E-state index in [9.17, 15) is 9.59 Å². The molecule has 0 bridgehead atoms. The van der Waals surface area contributed by atoms with Gasteiger partial charge in [0.1, 0.15) is 5.75 Å². The van der Waals surface area contributed by atoms with Gasteiger partial charge in [0, 0.05) is 11.6 Å². The number of hydrogen-bond acceptors (Lipinski definition) is 3. The molecule has 0 spiro atoms. The zero-order valence-electron chi connectivity index (χ0n) is 16.9. The van der Waals surface area contributed by atoms with Crippen LogP contribution in [0, 0.1) is 6.92 Å². The van der Waals surface area contributed by atoms with Gasteiger partial charge in [-0.1, -0.05) is 43.2 Å². The second kappa shape index (κ2) is 8.11. The minimum absolute atomic E-state index is 0.0851. The molecule has 1 aliphatic carbocycles. The van der Waals surface area contributed by atoms with Crippen molar-refractivity contribution in [1.29, 1.82) is 0 Å². The number of pyridine rings is 1. The van der Waals surface area contributed by atoms with Gasteiger partial charge in [-0.3, -0.25) is 9.59 Å². The van der Waals surface area contributed by atoms with Crippen LogP contribution in [0.1, 0.15) is 47.2 Å². The van der Waals surface area contributed by atoms with E-state index < -0.39 is 0 Å². The van der Waals surface area contributed by atoms with E-state index in [1.54, 1.807) is 19.2 Å². The first-order chi connectivity index (χ1) is 14.1. The number of aryl methyl sites for hydroxylation is 1. The molecule has 0 atom stereocenters. The Balaban J connectivity index is 1.73. The van der Waals surface area contributed by atoms with Crippen molar-refractivity contribution in [3.63, 3.8) is 0 Å². The summed E-state index contributed by atoms with van der Waals surface area (Å²) in [7, 11) is 1.57. The van der Waals surface area contributed by atoms with Crippen LogP contribution in [0.4, 0.5) is 0 Å². The average Bonchev–Trinajstić information content (AvgIpc) is 3.27. The lowest BCUT2D eigenvalue weighted by molar-refractivity contribution is 0.0660. The van der Waals surface area contributed by atoms with Gasteiger partial charge in [0.2, 0.25) is 0 Å². The number of carbonyl (C=O) groups is 1. The number of amides is 1. The molecular formula is C24H26N2O3. The number of ether oxygens (including phenoxy) is 1. The Kier molecular flexibility index (Phi) is 5.38. The Morgan fingerprint density at radius 2 is 1.90 bits per heavy atom.